The van der Waals surface area contributed by atoms with Gasteiger partial charge in [0.25, 0.3) is 0 Å². The Morgan fingerprint density at radius 1 is 1.44 bits per heavy atom. The number of anilines is 1. The third-order valence-electron chi connectivity index (χ3n) is 4.32. The highest BCUT2D eigenvalue weighted by molar-refractivity contribution is 6.32. The lowest BCUT2D eigenvalue weighted by molar-refractivity contribution is 0.347. The Kier molecular flexibility index (Phi) is 3.29. The lowest BCUT2D eigenvalue weighted by Gasteiger charge is -2.22. The van der Waals surface area contributed by atoms with Gasteiger partial charge in [-0.1, -0.05) is 18.0 Å². The zero-order chi connectivity index (χ0) is 12.5. The second kappa shape index (κ2) is 4.92. The van der Waals surface area contributed by atoms with Crippen LogP contribution in [0.4, 0.5) is 5.82 Å². The van der Waals surface area contributed by atoms with Gasteiger partial charge >= 0.3 is 6.01 Å². The fraction of sp³-hybridized carbons (Fsp3) is 0.692. The van der Waals surface area contributed by atoms with Gasteiger partial charge in [-0.15, -0.1) is 0 Å². The molecule has 5 heteroatoms. The molecule has 2 fully saturated rings. The number of methoxy groups -OCH3 is 1. The molecule has 1 aromatic heterocycles. The van der Waals surface area contributed by atoms with Gasteiger partial charge < -0.3 is 10.1 Å². The maximum Gasteiger partial charge on any atom is 0.318 e. The van der Waals surface area contributed by atoms with Crippen LogP contribution >= 0.6 is 11.6 Å². The summed E-state index contributed by atoms with van der Waals surface area (Å²) in [7, 11) is 1.56. The average molecular weight is 268 g/mol. The molecule has 3 atom stereocenters. The van der Waals surface area contributed by atoms with E-state index in [1.54, 1.807) is 13.3 Å². The van der Waals surface area contributed by atoms with Crippen LogP contribution in [0, 0.1) is 17.8 Å². The molecule has 0 saturated heterocycles. The van der Waals surface area contributed by atoms with Crippen molar-refractivity contribution in [3.8, 4) is 6.01 Å². The number of hydrogen-bond donors (Lipinski definition) is 1. The van der Waals surface area contributed by atoms with Gasteiger partial charge in [0.2, 0.25) is 0 Å². The summed E-state index contributed by atoms with van der Waals surface area (Å²) < 4.78 is 5.01. The Labute approximate surface area is 112 Å². The number of nitrogens with one attached hydrogen (secondary N) is 1. The zero-order valence-electron chi connectivity index (χ0n) is 10.5. The molecule has 1 N–H and O–H groups in total. The average Bonchev–Trinajstić information content (AvgIpc) is 3.00. The summed E-state index contributed by atoms with van der Waals surface area (Å²) in [5, 5.41) is 3.91. The molecule has 4 nitrogen and oxygen atoms in total. The molecule has 2 saturated carbocycles. The normalized spacial score (nSPS) is 29.6. The van der Waals surface area contributed by atoms with Gasteiger partial charge in [0, 0.05) is 6.54 Å². The van der Waals surface area contributed by atoms with Crippen molar-refractivity contribution >= 4 is 17.4 Å². The van der Waals surface area contributed by atoms with E-state index in [0.717, 1.165) is 24.3 Å². The van der Waals surface area contributed by atoms with Crippen molar-refractivity contribution < 1.29 is 4.74 Å². The van der Waals surface area contributed by atoms with Gasteiger partial charge in [0.05, 0.1) is 13.3 Å². The van der Waals surface area contributed by atoms with Crippen LogP contribution < -0.4 is 10.1 Å². The molecule has 3 unspecified atom stereocenters. The Balaban J connectivity index is 1.62. The Bertz CT molecular complexity index is 440. The standard InChI is InChI=1S/C13H18ClN3O/c1-18-13-16-7-11(14)12(17-13)15-6-10-5-8-2-3-9(10)4-8/h7-10H,2-6H2,1H3,(H,15,16,17). The summed E-state index contributed by atoms with van der Waals surface area (Å²) >= 11 is 6.07. The molecule has 3 rings (SSSR count). The number of fused-ring (bicyclic) bond motifs is 2. The molecule has 0 spiro atoms. The molecule has 2 bridgehead atoms. The maximum atomic E-state index is 6.07. The number of hydrogen-bond acceptors (Lipinski definition) is 4. The highest BCUT2D eigenvalue weighted by atomic mass is 35.5. The topological polar surface area (TPSA) is 47.0 Å². The number of rotatable bonds is 4. The van der Waals surface area contributed by atoms with Gasteiger partial charge in [-0.25, -0.2) is 4.98 Å². The highest BCUT2D eigenvalue weighted by Crippen LogP contribution is 2.48. The predicted molar refractivity (Wildman–Crippen MR) is 71.0 cm³/mol. The van der Waals surface area contributed by atoms with E-state index in [2.05, 4.69) is 15.3 Å². The van der Waals surface area contributed by atoms with Crippen molar-refractivity contribution in [2.75, 3.05) is 19.0 Å². The second-order valence-corrected chi connectivity index (χ2v) is 5.78. The van der Waals surface area contributed by atoms with Crippen LogP contribution in [0.2, 0.25) is 5.02 Å². The summed E-state index contributed by atoms with van der Waals surface area (Å²) in [5.74, 6) is 3.34. The first-order chi connectivity index (χ1) is 8.76. The second-order valence-electron chi connectivity index (χ2n) is 5.37. The van der Waals surface area contributed by atoms with Crippen LogP contribution in [0.5, 0.6) is 6.01 Å². The Hall–Kier alpha value is -1.03. The number of aromatic nitrogens is 2. The minimum Gasteiger partial charge on any atom is -0.467 e. The van der Waals surface area contributed by atoms with Crippen LogP contribution in [0.3, 0.4) is 0 Å². The Morgan fingerprint density at radius 2 is 2.33 bits per heavy atom. The van der Waals surface area contributed by atoms with Crippen molar-refractivity contribution in [3.05, 3.63) is 11.2 Å². The third-order valence-corrected chi connectivity index (χ3v) is 4.60. The van der Waals surface area contributed by atoms with Crippen molar-refractivity contribution in [3.63, 3.8) is 0 Å². The highest BCUT2D eigenvalue weighted by Gasteiger charge is 2.39. The first kappa shape index (κ1) is 12.0. The minimum absolute atomic E-state index is 0.356. The third kappa shape index (κ3) is 2.26. The molecule has 2 aliphatic rings. The van der Waals surface area contributed by atoms with Crippen molar-refractivity contribution in [1.82, 2.24) is 9.97 Å². The van der Waals surface area contributed by atoms with Gasteiger partial charge in [-0.05, 0) is 37.0 Å². The largest absolute Gasteiger partial charge is 0.467 e. The molecule has 1 aromatic rings. The van der Waals surface area contributed by atoms with E-state index in [1.807, 2.05) is 0 Å². The molecule has 1 heterocycles. The zero-order valence-corrected chi connectivity index (χ0v) is 11.3. The van der Waals surface area contributed by atoms with Crippen LogP contribution in [-0.2, 0) is 0 Å². The van der Waals surface area contributed by atoms with E-state index in [-0.39, 0.29) is 0 Å². The fourth-order valence-corrected chi connectivity index (χ4v) is 3.59. The van der Waals surface area contributed by atoms with Crippen molar-refractivity contribution in [1.29, 1.82) is 0 Å². The molecule has 98 valence electrons. The summed E-state index contributed by atoms with van der Waals surface area (Å²) in [6.45, 7) is 0.959. The van der Waals surface area contributed by atoms with Crippen molar-refractivity contribution in [2.45, 2.75) is 25.7 Å². The molecular formula is C13H18ClN3O. The molecule has 0 aromatic carbocycles. The van der Waals surface area contributed by atoms with E-state index in [4.69, 9.17) is 16.3 Å². The van der Waals surface area contributed by atoms with Gasteiger partial charge in [0.15, 0.2) is 5.82 Å². The number of halogens is 1. The smallest absolute Gasteiger partial charge is 0.318 e. The molecule has 0 radical (unpaired) electrons. The van der Waals surface area contributed by atoms with E-state index < -0.39 is 0 Å². The van der Waals surface area contributed by atoms with E-state index >= 15 is 0 Å². The SMILES string of the molecule is COc1ncc(Cl)c(NCC2CC3CCC2C3)n1. The monoisotopic (exact) mass is 267 g/mol. The first-order valence-electron chi connectivity index (χ1n) is 6.56. The minimum atomic E-state index is 0.356. The lowest BCUT2D eigenvalue weighted by Crippen LogP contribution is -2.20. The van der Waals surface area contributed by atoms with Crippen LogP contribution in [0.15, 0.2) is 6.20 Å². The first-order valence-corrected chi connectivity index (χ1v) is 6.94. The van der Waals surface area contributed by atoms with Crippen molar-refractivity contribution in [2.24, 2.45) is 17.8 Å². The summed E-state index contributed by atoms with van der Waals surface area (Å²) in [6.07, 6.45) is 7.20. The number of nitrogens with zero attached hydrogens (tertiary/aromatic N) is 2. The summed E-state index contributed by atoms with van der Waals surface area (Å²) in [5.41, 5.74) is 0. The molecule has 0 aliphatic heterocycles. The lowest BCUT2D eigenvalue weighted by atomic mass is 9.89. The van der Waals surface area contributed by atoms with E-state index in [9.17, 15) is 0 Å². The van der Waals surface area contributed by atoms with E-state index in [1.165, 1.54) is 25.7 Å². The Morgan fingerprint density at radius 3 is 3.00 bits per heavy atom. The summed E-state index contributed by atoms with van der Waals surface area (Å²) in [6, 6.07) is 0.356. The van der Waals surface area contributed by atoms with Crippen LogP contribution in [-0.4, -0.2) is 23.6 Å². The van der Waals surface area contributed by atoms with Crippen LogP contribution in [0.25, 0.3) is 0 Å². The quantitative estimate of drug-likeness (QED) is 0.911. The number of ether oxygens (including phenoxy) is 1. The molecule has 18 heavy (non-hydrogen) atoms. The van der Waals surface area contributed by atoms with Gasteiger partial charge in [-0.2, -0.15) is 4.98 Å². The van der Waals surface area contributed by atoms with Gasteiger partial charge in [-0.3, -0.25) is 0 Å². The molecule has 0 amide bonds. The maximum absolute atomic E-state index is 6.07. The molecule has 2 aliphatic carbocycles. The fourth-order valence-electron chi connectivity index (χ4n) is 3.43. The summed E-state index contributed by atoms with van der Waals surface area (Å²) in [4.78, 5) is 8.21. The predicted octanol–water partition coefficient (Wildman–Crippen LogP) is 2.99. The van der Waals surface area contributed by atoms with Gasteiger partial charge in [0.1, 0.15) is 5.02 Å². The van der Waals surface area contributed by atoms with E-state index in [0.29, 0.717) is 16.9 Å². The molecular weight excluding hydrogens is 250 g/mol. The van der Waals surface area contributed by atoms with Crippen LogP contribution in [0.1, 0.15) is 25.7 Å².